The zero-order chi connectivity index (χ0) is 20.8. The Bertz CT molecular complexity index is 1010. The predicted octanol–water partition coefficient (Wildman–Crippen LogP) is 2.37. The van der Waals surface area contributed by atoms with Gasteiger partial charge in [-0.1, -0.05) is 42.1 Å². The molecule has 0 unspecified atom stereocenters. The Hall–Kier alpha value is -3.20. The van der Waals surface area contributed by atoms with Crippen molar-refractivity contribution >= 4 is 23.6 Å². The van der Waals surface area contributed by atoms with E-state index in [-0.39, 0.29) is 24.1 Å². The number of halogens is 1. The van der Waals surface area contributed by atoms with Crippen molar-refractivity contribution in [2.45, 2.75) is 5.16 Å². The number of nitrogens with one attached hydrogen (secondary N) is 1. The van der Waals surface area contributed by atoms with Crippen molar-refractivity contribution in [3.63, 3.8) is 0 Å². The lowest BCUT2D eigenvalue weighted by Gasteiger charge is -2.12. The average Bonchev–Trinajstić information content (AvgIpc) is 3.15. The monoisotopic (exact) mass is 413 g/mol. The Morgan fingerprint density at radius 1 is 1.07 bits per heavy atom. The standard InChI is InChI=1S/C20H20FN5O2S/c1-25(2)18(28)12-22-17(27)13-29-20-24-23-19(15-10-6-7-11-16(15)21)26(20)14-8-4-3-5-9-14/h3-11H,12-13H2,1-2H3,(H,22,27). The lowest BCUT2D eigenvalue weighted by molar-refractivity contribution is -0.130. The lowest BCUT2D eigenvalue weighted by Crippen LogP contribution is -2.37. The molecule has 2 aromatic carbocycles. The van der Waals surface area contributed by atoms with Gasteiger partial charge in [0.2, 0.25) is 11.8 Å². The molecule has 1 N–H and O–H groups in total. The van der Waals surface area contributed by atoms with E-state index >= 15 is 0 Å². The summed E-state index contributed by atoms with van der Waals surface area (Å²) in [5.41, 5.74) is 1.07. The summed E-state index contributed by atoms with van der Waals surface area (Å²) in [5, 5.41) is 11.3. The molecule has 29 heavy (non-hydrogen) atoms. The average molecular weight is 413 g/mol. The van der Waals surface area contributed by atoms with Crippen LogP contribution in [0.1, 0.15) is 0 Å². The number of hydrogen-bond donors (Lipinski definition) is 1. The molecular weight excluding hydrogens is 393 g/mol. The van der Waals surface area contributed by atoms with E-state index in [0.29, 0.717) is 16.5 Å². The Kier molecular flexibility index (Phi) is 6.61. The van der Waals surface area contributed by atoms with Crippen LogP contribution in [0.4, 0.5) is 4.39 Å². The molecule has 9 heteroatoms. The molecule has 150 valence electrons. The molecule has 0 radical (unpaired) electrons. The molecule has 0 saturated heterocycles. The molecule has 2 amide bonds. The summed E-state index contributed by atoms with van der Waals surface area (Å²) in [6.45, 7) is -0.0712. The summed E-state index contributed by atoms with van der Waals surface area (Å²) < 4.78 is 16.1. The van der Waals surface area contributed by atoms with Crippen molar-refractivity contribution < 1.29 is 14.0 Å². The highest BCUT2D eigenvalue weighted by Gasteiger charge is 2.19. The minimum Gasteiger partial charge on any atom is -0.347 e. The highest BCUT2D eigenvalue weighted by atomic mass is 32.2. The number of aromatic nitrogens is 3. The van der Waals surface area contributed by atoms with E-state index in [1.807, 2.05) is 30.3 Å². The van der Waals surface area contributed by atoms with Crippen molar-refractivity contribution in [2.24, 2.45) is 0 Å². The summed E-state index contributed by atoms with van der Waals surface area (Å²) >= 11 is 1.16. The van der Waals surface area contributed by atoms with Crippen LogP contribution in [-0.4, -0.2) is 57.9 Å². The van der Waals surface area contributed by atoms with Gasteiger partial charge >= 0.3 is 0 Å². The molecule has 3 aromatic rings. The van der Waals surface area contributed by atoms with Gasteiger partial charge in [0.15, 0.2) is 11.0 Å². The Morgan fingerprint density at radius 2 is 1.76 bits per heavy atom. The first kappa shape index (κ1) is 20.5. The van der Waals surface area contributed by atoms with Gasteiger partial charge in [0.1, 0.15) is 5.82 Å². The topological polar surface area (TPSA) is 80.1 Å². The first-order chi connectivity index (χ1) is 14.0. The van der Waals surface area contributed by atoms with Crippen molar-refractivity contribution in [3.8, 4) is 17.1 Å². The Balaban J connectivity index is 1.83. The predicted molar refractivity (Wildman–Crippen MR) is 109 cm³/mol. The molecule has 0 spiro atoms. The largest absolute Gasteiger partial charge is 0.347 e. The molecule has 1 heterocycles. The van der Waals surface area contributed by atoms with Gasteiger partial charge in [-0.05, 0) is 24.3 Å². The maximum atomic E-state index is 14.3. The van der Waals surface area contributed by atoms with E-state index in [1.165, 1.54) is 11.0 Å². The summed E-state index contributed by atoms with van der Waals surface area (Å²) in [5.74, 6) is -0.519. The number of amides is 2. The third-order valence-corrected chi connectivity index (χ3v) is 4.96. The van der Waals surface area contributed by atoms with Gasteiger partial charge in [-0.2, -0.15) is 0 Å². The van der Waals surface area contributed by atoms with E-state index in [0.717, 1.165) is 17.4 Å². The van der Waals surface area contributed by atoms with E-state index < -0.39 is 5.82 Å². The lowest BCUT2D eigenvalue weighted by atomic mass is 10.2. The second-order valence-electron chi connectivity index (χ2n) is 6.31. The summed E-state index contributed by atoms with van der Waals surface area (Å²) in [7, 11) is 3.24. The third kappa shape index (κ3) is 5.00. The van der Waals surface area contributed by atoms with Gasteiger partial charge in [-0.3, -0.25) is 14.2 Å². The molecule has 7 nitrogen and oxygen atoms in total. The van der Waals surface area contributed by atoms with E-state index in [2.05, 4.69) is 15.5 Å². The molecule has 0 saturated carbocycles. The quantitative estimate of drug-likeness (QED) is 0.602. The van der Waals surface area contributed by atoms with E-state index in [1.54, 1.807) is 36.9 Å². The maximum absolute atomic E-state index is 14.3. The molecule has 0 atom stereocenters. The van der Waals surface area contributed by atoms with Crippen LogP contribution in [-0.2, 0) is 9.59 Å². The van der Waals surface area contributed by atoms with Gasteiger partial charge in [0.25, 0.3) is 0 Å². The Labute approximate surface area is 171 Å². The fourth-order valence-electron chi connectivity index (χ4n) is 2.50. The minimum absolute atomic E-state index is 0.0446. The summed E-state index contributed by atoms with van der Waals surface area (Å²) in [6.07, 6.45) is 0. The number of para-hydroxylation sites is 1. The van der Waals surface area contributed by atoms with Crippen LogP contribution in [0.15, 0.2) is 59.8 Å². The van der Waals surface area contributed by atoms with Crippen LogP contribution in [0.2, 0.25) is 0 Å². The van der Waals surface area contributed by atoms with Gasteiger partial charge < -0.3 is 10.2 Å². The molecule has 0 fully saturated rings. The normalized spacial score (nSPS) is 10.6. The molecule has 0 aliphatic carbocycles. The highest BCUT2D eigenvalue weighted by molar-refractivity contribution is 7.99. The molecule has 0 bridgehead atoms. The number of carbonyl (C=O) groups excluding carboxylic acids is 2. The maximum Gasteiger partial charge on any atom is 0.241 e. The van der Waals surface area contributed by atoms with Crippen molar-refractivity contribution in [1.29, 1.82) is 0 Å². The van der Waals surface area contributed by atoms with Crippen molar-refractivity contribution in [3.05, 3.63) is 60.4 Å². The number of hydrogen-bond acceptors (Lipinski definition) is 5. The van der Waals surface area contributed by atoms with Crippen LogP contribution in [0.25, 0.3) is 17.1 Å². The van der Waals surface area contributed by atoms with Crippen molar-refractivity contribution in [1.82, 2.24) is 25.0 Å². The fourth-order valence-corrected chi connectivity index (χ4v) is 3.29. The molecule has 0 aliphatic heterocycles. The number of thioether (sulfide) groups is 1. The van der Waals surface area contributed by atoms with Gasteiger partial charge in [-0.25, -0.2) is 4.39 Å². The molecule has 0 aliphatic rings. The third-order valence-electron chi connectivity index (χ3n) is 4.03. The van der Waals surface area contributed by atoms with Crippen LogP contribution in [0.5, 0.6) is 0 Å². The molecular formula is C20H20FN5O2S. The van der Waals surface area contributed by atoms with E-state index in [4.69, 9.17) is 0 Å². The molecule has 1 aromatic heterocycles. The fraction of sp³-hybridized carbons (Fsp3) is 0.200. The second-order valence-corrected chi connectivity index (χ2v) is 7.25. The summed E-state index contributed by atoms with van der Waals surface area (Å²) in [4.78, 5) is 25.1. The number of benzene rings is 2. The number of likely N-dealkylation sites (N-methyl/N-ethyl adjacent to an activating group) is 1. The molecule has 3 rings (SSSR count). The smallest absolute Gasteiger partial charge is 0.241 e. The SMILES string of the molecule is CN(C)C(=O)CNC(=O)CSc1nnc(-c2ccccc2F)n1-c1ccccc1. The number of carbonyl (C=O) groups is 2. The zero-order valence-corrected chi connectivity index (χ0v) is 16.8. The van der Waals surface area contributed by atoms with Crippen LogP contribution in [0, 0.1) is 5.82 Å². The Morgan fingerprint density at radius 3 is 2.45 bits per heavy atom. The first-order valence-electron chi connectivity index (χ1n) is 8.82. The number of rotatable bonds is 7. The van der Waals surface area contributed by atoms with Crippen LogP contribution >= 0.6 is 11.8 Å². The first-order valence-corrected chi connectivity index (χ1v) is 9.81. The number of nitrogens with zero attached hydrogens (tertiary/aromatic N) is 4. The zero-order valence-electron chi connectivity index (χ0n) is 16.0. The van der Waals surface area contributed by atoms with Gasteiger partial charge in [0.05, 0.1) is 17.9 Å². The second kappa shape index (κ2) is 9.33. The summed E-state index contributed by atoms with van der Waals surface area (Å²) in [6, 6.07) is 15.6. The van der Waals surface area contributed by atoms with Crippen LogP contribution < -0.4 is 5.32 Å². The minimum atomic E-state index is -0.409. The highest BCUT2D eigenvalue weighted by Crippen LogP contribution is 2.29. The van der Waals surface area contributed by atoms with E-state index in [9.17, 15) is 14.0 Å². The van der Waals surface area contributed by atoms with Crippen molar-refractivity contribution in [2.75, 3.05) is 26.4 Å². The van der Waals surface area contributed by atoms with Gasteiger partial charge in [-0.15, -0.1) is 10.2 Å². The van der Waals surface area contributed by atoms with Crippen LogP contribution in [0.3, 0.4) is 0 Å². The van der Waals surface area contributed by atoms with Gasteiger partial charge in [0, 0.05) is 19.8 Å².